The molecule has 0 saturated carbocycles. The first-order chi connectivity index (χ1) is 10.3. The topological polar surface area (TPSA) is 80.7 Å². The minimum absolute atomic E-state index is 0.336. The van der Waals surface area contributed by atoms with Crippen LogP contribution in [0.4, 0.5) is 5.69 Å². The number of nitrogen functional groups attached to an aromatic ring is 1. The van der Waals surface area contributed by atoms with Gasteiger partial charge in [0.15, 0.2) is 11.5 Å². The van der Waals surface area contributed by atoms with Crippen LogP contribution in [0.3, 0.4) is 0 Å². The highest BCUT2D eigenvalue weighted by Gasteiger charge is 2.14. The molecule has 0 aliphatic carbocycles. The third-order valence-electron chi connectivity index (χ3n) is 3.47. The zero-order valence-corrected chi connectivity index (χ0v) is 12.3. The third kappa shape index (κ3) is 4.00. The molecule has 1 saturated heterocycles. The molecule has 0 bridgehead atoms. The standard InChI is InChI=1S/C15H21N3O3/c1-19-13-4-3-12(11-16)14(17)15(13)21-8-2-5-18-6-9-20-10-7-18/h3-4H,2,5-10,17H2,1H3. The fourth-order valence-electron chi connectivity index (χ4n) is 2.27. The summed E-state index contributed by atoms with van der Waals surface area (Å²) in [5, 5.41) is 9.00. The number of ether oxygens (including phenoxy) is 3. The van der Waals surface area contributed by atoms with E-state index in [0.29, 0.717) is 29.4 Å². The number of nitriles is 1. The van der Waals surface area contributed by atoms with Crippen LogP contribution in [0, 0.1) is 11.3 Å². The van der Waals surface area contributed by atoms with Gasteiger partial charge in [-0.2, -0.15) is 5.26 Å². The van der Waals surface area contributed by atoms with Crippen LogP contribution >= 0.6 is 0 Å². The summed E-state index contributed by atoms with van der Waals surface area (Å²) < 4.78 is 16.3. The van der Waals surface area contributed by atoms with Crippen LogP contribution < -0.4 is 15.2 Å². The smallest absolute Gasteiger partial charge is 0.185 e. The van der Waals surface area contributed by atoms with Crippen molar-refractivity contribution in [3.63, 3.8) is 0 Å². The van der Waals surface area contributed by atoms with Crippen molar-refractivity contribution in [2.45, 2.75) is 6.42 Å². The van der Waals surface area contributed by atoms with Crippen LogP contribution in [0.5, 0.6) is 11.5 Å². The largest absolute Gasteiger partial charge is 0.493 e. The maximum absolute atomic E-state index is 9.00. The lowest BCUT2D eigenvalue weighted by Crippen LogP contribution is -2.37. The lowest BCUT2D eigenvalue weighted by atomic mass is 10.1. The Hall–Kier alpha value is -1.97. The molecule has 6 nitrogen and oxygen atoms in total. The van der Waals surface area contributed by atoms with E-state index in [4.69, 9.17) is 25.2 Å². The molecule has 1 aliphatic heterocycles. The maximum Gasteiger partial charge on any atom is 0.185 e. The van der Waals surface area contributed by atoms with Crippen molar-refractivity contribution in [3.8, 4) is 17.6 Å². The highest BCUT2D eigenvalue weighted by molar-refractivity contribution is 5.68. The average molecular weight is 291 g/mol. The molecule has 0 aromatic heterocycles. The number of benzene rings is 1. The van der Waals surface area contributed by atoms with Gasteiger partial charge in [-0.1, -0.05) is 0 Å². The maximum atomic E-state index is 9.00. The molecule has 0 unspecified atom stereocenters. The monoisotopic (exact) mass is 291 g/mol. The van der Waals surface area contributed by atoms with Crippen molar-refractivity contribution in [1.82, 2.24) is 4.90 Å². The van der Waals surface area contributed by atoms with Crippen LogP contribution in [-0.2, 0) is 4.74 Å². The summed E-state index contributed by atoms with van der Waals surface area (Å²) in [6.07, 6.45) is 0.888. The van der Waals surface area contributed by atoms with Gasteiger partial charge in [0, 0.05) is 19.6 Å². The number of morpholine rings is 1. The Bertz CT molecular complexity index is 508. The van der Waals surface area contributed by atoms with Crippen molar-refractivity contribution in [1.29, 1.82) is 5.26 Å². The Labute approximate surface area is 125 Å². The summed E-state index contributed by atoms with van der Waals surface area (Å²) in [6, 6.07) is 5.38. The molecule has 1 fully saturated rings. The predicted octanol–water partition coefficient (Wildman–Crippen LogP) is 1.25. The second-order valence-electron chi connectivity index (χ2n) is 4.83. The normalized spacial score (nSPS) is 15.4. The molecular formula is C15H21N3O3. The zero-order valence-electron chi connectivity index (χ0n) is 12.3. The number of methoxy groups -OCH3 is 1. The minimum atomic E-state index is 0.336. The number of nitrogens with zero attached hydrogens (tertiary/aromatic N) is 2. The van der Waals surface area contributed by atoms with Crippen molar-refractivity contribution in [2.24, 2.45) is 0 Å². The van der Waals surface area contributed by atoms with Gasteiger partial charge >= 0.3 is 0 Å². The summed E-state index contributed by atoms with van der Waals surface area (Å²) in [5.41, 5.74) is 6.68. The van der Waals surface area contributed by atoms with E-state index in [0.717, 1.165) is 39.3 Å². The number of nitrogens with two attached hydrogens (primary N) is 1. The van der Waals surface area contributed by atoms with E-state index in [2.05, 4.69) is 4.90 Å². The highest BCUT2D eigenvalue weighted by atomic mass is 16.5. The first-order valence-electron chi connectivity index (χ1n) is 7.05. The molecule has 2 N–H and O–H groups in total. The number of anilines is 1. The molecule has 0 spiro atoms. The fourth-order valence-corrected chi connectivity index (χ4v) is 2.27. The summed E-state index contributed by atoms with van der Waals surface area (Å²) in [4.78, 5) is 2.35. The van der Waals surface area contributed by atoms with Crippen LogP contribution in [0.25, 0.3) is 0 Å². The molecular weight excluding hydrogens is 270 g/mol. The van der Waals surface area contributed by atoms with Gasteiger partial charge in [-0.05, 0) is 18.6 Å². The fraction of sp³-hybridized carbons (Fsp3) is 0.533. The SMILES string of the molecule is COc1ccc(C#N)c(N)c1OCCCN1CCOCC1. The molecule has 0 radical (unpaired) electrons. The lowest BCUT2D eigenvalue weighted by Gasteiger charge is -2.26. The molecule has 1 heterocycles. The summed E-state index contributed by atoms with van der Waals surface area (Å²) in [6.45, 7) is 5.03. The molecule has 1 aromatic rings. The Morgan fingerprint density at radius 1 is 1.38 bits per heavy atom. The molecule has 0 atom stereocenters. The third-order valence-corrected chi connectivity index (χ3v) is 3.47. The van der Waals surface area contributed by atoms with Crippen LogP contribution in [0.2, 0.25) is 0 Å². The number of hydrogen-bond acceptors (Lipinski definition) is 6. The van der Waals surface area contributed by atoms with Gasteiger partial charge in [0.1, 0.15) is 6.07 Å². The molecule has 21 heavy (non-hydrogen) atoms. The Morgan fingerprint density at radius 2 is 2.14 bits per heavy atom. The molecule has 2 rings (SSSR count). The van der Waals surface area contributed by atoms with Gasteiger partial charge in [-0.3, -0.25) is 4.90 Å². The molecule has 0 amide bonds. The summed E-state index contributed by atoms with van der Waals surface area (Å²) >= 11 is 0. The van der Waals surface area contributed by atoms with E-state index in [-0.39, 0.29) is 0 Å². The van der Waals surface area contributed by atoms with E-state index in [1.807, 2.05) is 6.07 Å². The molecule has 1 aliphatic rings. The van der Waals surface area contributed by atoms with Crippen molar-refractivity contribution in [2.75, 3.05) is 52.3 Å². The van der Waals surface area contributed by atoms with Crippen molar-refractivity contribution in [3.05, 3.63) is 17.7 Å². The number of rotatable bonds is 6. The molecule has 1 aromatic carbocycles. The number of hydrogen-bond donors (Lipinski definition) is 1. The lowest BCUT2D eigenvalue weighted by molar-refractivity contribution is 0.0357. The van der Waals surface area contributed by atoms with Crippen LogP contribution in [0.15, 0.2) is 12.1 Å². The predicted molar refractivity (Wildman–Crippen MR) is 79.5 cm³/mol. The van der Waals surface area contributed by atoms with Gasteiger partial charge < -0.3 is 19.9 Å². The zero-order chi connectivity index (χ0) is 15.1. The molecule has 6 heteroatoms. The second-order valence-corrected chi connectivity index (χ2v) is 4.83. The van der Waals surface area contributed by atoms with Gasteiger partial charge in [-0.15, -0.1) is 0 Å². The Balaban J connectivity index is 1.88. The van der Waals surface area contributed by atoms with Gasteiger partial charge in [0.25, 0.3) is 0 Å². The van der Waals surface area contributed by atoms with Gasteiger partial charge in [0.2, 0.25) is 0 Å². The molecule has 114 valence electrons. The van der Waals surface area contributed by atoms with E-state index >= 15 is 0 Å². The van der Waals surface area contributed by atoms with Crippen molar-refractivity contribution < 1.29 is 14.2 Å². The Morgan fingerprint density at radius 3 is 2.81 bits per heavy atom. The van der Waals surface area contributed by atoms with E-state index in [1.54, 1.807) is 19.2 Å². The first kappa shape index (κ1) is 15.4. The highest BCUT2D eigenvalue weighted by Crippen LogP contribution is 2.35. The van der Waals surface area contributed by atoms with E-state index in [9.17, 15) is 0 Å². The van der Waals surface area contributed by atoms with Gasteiger partial charge in [0.05, 0.1) is 38.2 Å². The average Bonchev–Trinajstić information content (AvgIpc) is 2.53. The van der Waals surface area contributed by atoms with Gasteiger partial charge in [-0.25, -0.2) is 0 Å². The minimum Gasteiger partial charge on any atom is -0.493 e. The van der Waals surface area contributed by atoms with Crippen molar-refractivity contribution >= 4 is 5.69 Å². The summed E-state index contributed by atoms with van der Waals surface area (Å²) in [7, 11) is 1.56. The summed E-state index contributed by atoms with van der Waals surface area (Å²) in [5.74, 6) is 1.01. The van der Waals surface area contributed by atoms with E-state index in [1.165, 1.54) is 0 Å². The van der Waals surface area contributed by atoms with E-state index < -0.39 is 0 Å². The van der Waals surface area contributed by atoms with Crippen LogP contribution in [-0.4, -0.2) is 51.5 Å². The second kappa shape index (κ2) is 7.72. The van der Waals surface area contributed by atoms with Crippen LogP contribution in [0.1, 0.15) is 12.0 Å². The quantitative estimate of drug-likeness (QED) is 0.627. The first-order valence-corrected chi connectivity index (χ1v) is 7.05. The Kier molecular flexibility index (Phi) is 5.67.